The van der Waals surface area contributed by atoms with E-state index in [-0.39, 0.29) is 18.0 Å². The summed E-state index contributed by atoms with van der Waals surface area (Å²) in [6.07, 6.45) is -7.89. The number of rotatable bonds is 10. The van der Waals surface area contributed by atoms with Crippen LogP contribution in [0.2, 0.25) is 0 Å². The predicted octanol–water partition coefficient (Wildman–Crippen LogP) is -2.97. The number of benzene rings is 1. The van der Waals surface area contributed by atoms with E-state index in [1.807, 2.05) is 0 Å². The highest BCUT2D eigenvalue weighted by molar-refractivity contribution is 5.40. The molecule has 5 unspecified atom stereocenters. The van der Waals surface area contributed by atoms with Gasteiger partial charge in [-0.1, -0.05) is 6.07 Å². The Hall–Kier alpha value is -1.46. The van der Waals surface area contributed by atoms with E-state index < -0.39 is 37.1 Å². The molecule has 0 aliphatic carbocycles. The predicted molar refractivity (Wildman–Crippen MR) is 83.5 cm³/mol. The Bertz CT molecular complexity index is 500. The van der Waals surface area contributed by atoms with Gasteiger partial charge in [-0.3, -0.25) is 0 Å². The zero-order chi connectivity index (χ0) is 18.3. The fourth-order valence-corrected chi connectivity index (χ4v) is 2.09. The summed E-state index contributed by atoms with van der Waals surface area (Å²) in [5.41, 5.74) is 0.745. The summed E-state index contributed by atoms with van der Waals surface area (Å²) >= 11 is 0. The molecule has 0 saturated carbocycles. The van der Waals surface area contributed by atoms with Crippen LogP contribution in [0.3, 0.4) is 0 Å². The Morgan fingerprint density at radius 2 is 1.46 bits per heavy atom. The Morgan fingerprint density at radius 3 is 2.04 bits per heavy atom. The van der Waals surface area contributed by atoms with Crippen molar-refractivity contribution in [3.63, 3.8) is 0 Å². The van der Waals surface area contributed by atoms with E-state index in [1.165, 1.54) is 12.1 Å². The average Bonchev–Trinajstić information content (AvgIpc) is 2.58. The smallest absolute Gasteiger partial charge is 0.157 e. The van der Waals surface area contributed by atoms with Gasteiger partial charge in [0.05, 0.1) is 12.7 Å². The number of aromatic hydroxyl groups is 2. The Balaban J connectivity index is 2.36. The molecule has 0 spiro atoms. The van der Waals surface area contributed by atoms with Crippen molar-refractivity contribution in [3.8, 4) is 11.5 Å². The first-order valence-corrected chi connectivity index (χ1v) is 7.50. The number of aliphatic hydroxyl groups excluding tert-OH is 6. The van der Waals surface area contributed by atoms with Crippen LogP contribution in [0.4, 0.5) is 0 Å². The van der Waals surface area contributed by atoms with Crippen LogP contribution >= 0.6 is 0 Å². The van der Waals surface area contributed by atoms with Crippen LogP contribution in [0.1, 0.15) is 5.56 Å². The molecule has 0 amide bonds. The van der Waals surface area contributed by atoms with E-state index in [0.717, 1.165) is 5.56 Å². The van der Waals surface area contributed by atoms with Crippen molar-refractivity contribution in [1.29, 1.82) is 0 Å². The molecule has 0 heterocycles. The molecule has 9 N–H and O–H groups in total. The van der Waals surface area contributed by atoms with Gasteiger partial charge in [-0.2, -0.15) is 0 Å². The molecule has 0 saturated heterocycles. The average molecular weight is 347 g/mol. The first-order valence-electron chi connectivity index (χ1n) is 7.50. The highest BCUT2D eigenvalue weighted by Crippen LogP contribution is 2.24. The third kappa shape index (κ3) is 5.87. The van der Waals surface area contributed by atoms with Crippen LogP contribution < -0.4 is 5.32 Å². The lowest BCUT2D eigenvalue weighted by molar-refractivity contribution is -0.139. The number of nitrogens with one attached hydrogen (secondary N) is 1. The number of aliphatic hydroxyl groups is 6. The van der Waals surface area contributed by atoms with Gasteiger partial charge in [-0.25, -0.2) is 0 Å². The maximum absolute atomic E-state index is 9.77. The molecule has 5 atom stereocenters. The second kappa shape index (κ2) is 9.74. The number of hydrogen-bond donors (Lipinski definition) is 9. The molecule has 24 heavy (non-hydrogen) atoms. The van der Waals surface area contributed by atoms with Crippen LogP contribution in [-0.2, 0) is 6.42 Å². The molecule has 0 radical (unpaired) electrons. The van der Waals surface area contributed by atoms with Crippen molar-refractivity contribution in [2.45, 2.75) is 36.9 Å². The van der Waals surface area contributed by atoms with E-state index in [1.54, 1.807) is 6.07 Å². The molecule has 0 bridgehead atoms. The molecule has 0 aliphatic rings. The Labute approximate surface area is 139 Å². The van der Waals surface area contributed by atoms with Crippen molar-refractivity contribution < 1.29 is 40.9 Å². The Morgan fingerprint density at radius 1 is 0.833 bits per heavy atom. The van der Waals surface area contributed by atoms with Gasteiger partial charge in [0, 0.05) is 6.54 Å². The molecule has 0 fully saturated rings. The highest BCUT2D eigenvalue weighted by Gasteiger charge is 2.33. The van der Waals surface area contributed by atoms with Gasteiger partial charge >= 0.3 is 0 Å². The molecular weight excluding hydrogens is 322 g/mol. The monoisotopic (exact) mass is 347 g/mol. The highest BCUT2D eigenvalue weighted by atomic mass is 16.4. The lowest BCUT2D eigenvalue weighted by atomic mass is 9.99. The fraction of sp³-hybridized carbons (Fsp3) is 0.600. The van der Waals surface area contributed by atoms with Crippen LogP contribution in [-0.4, -0.2) is 91.1 Å². The molecule has 0 aliphatic heterocycles. The van der Waals surface area contributed by atoms with Crippen molar-refractivity contribution in [2.24, 2.45) is 0 Å². The second-order valence-corrected chi connectivity index (χ2v) is 5.57. The minimum atomic E-state index is -1.82. The largest absolute Gasteiger partial charge is 0.504 e. The van der Waals surface area contributed by atoms with Gasteiger partial charge in [0.25, 0.3) is 0 Å². The summed E-state index contributed by atoms with van der Waals surface area (Å²) in [5.74, 6) is -0.453. The summed E-state index contributed by atoms with van der Waals surface area (Å²) < 4.78 is 0. The molecule has 1 aromatic carbocycles. The van der Waals surface area contributed by atoms with Crippen molar-refractivity contribution in [3.05, 3.63) is 23.8 Å². The maximum atomic E-state index is 9.77. The molecule has 0 aromatic heterocycles. The molecule has 1 aromatic rings. The molecule has 9 nitrogen and oxygen atoms in total. The third-order valence-electron chi connectivity index (χ3n) is 3.66. The van der Waals surface area contributed by atoms with Crippen molar-refractivity contribution in [1.82, 2.24) is 5.32 Å². The summed E-state index contributed by atoms with van der Waals surface area (Å²) in [5, 5.41) is 77.9. The van der Waals surface area contributed by atoms with Crippen molar-refractivity contribution in [2.75, 3.05) is 19.7 Å². The summed E-state index contributed by atoms with van der Waals surface area (Å²) in [6.45, 7) is -0.505. The van der Waals surface area contributed by atoms with Crippen LogP contribution in [0.25, 0.3) is 0 Å². The van der Waals surface area contributed by atoms with Gasteiger partial charge in [0.1, 0.15) is 24.4 Å². The van der Waals surface area contributed by atoms with Crippen molar-refractivity contribution >= 4 is 0 Å². The van der Waals surface area contributed by atoms with Crippen LogP contribution in [0, 0.1) is 0 Å². The lowest BCUT2D eigenvalue weighted by Crippen LogP contribution is -2.52. The van der Waals surface area contributed by atoms with E-state index >= 15 is 0 Å². The first kappa shape index (κ1) is 20.6. The Kier molecular flexibility index (Phi) is 8.36. The zero-order valence-corrected chi connectivity index (χ0v) is 13.0. The first-order chi connectivity index (χ1) is 11.3. The van der Waals surface area contributed by atoms with E-state index in [4.69, 9.17) is 5.11 Å². The standard InChI is InChI=1S/C15H25NO8/c17-7-12(21)14(23)15(24)13(22)11(20)6-16-4-3-8-1-2-9(18)10(19)5-8/h1-2,5,11-24H,3-4,6-7H2. The molecule has 9 heteroatoms. The third-order valence-corrected chi connectivity index (χ3v) is 3.66. The molecular formula is C15H25NO8. The summed E-state index contributed by atoms with van der Waals surface area (Å²) in [6, 6.07) is 4.38. The van der Waals surface area contributed by atoms with Gasteiger partial charge in [-0.15, -0.1) is 0 Å². The van der Waals surface area contributed by atoms with Gasteiger partial charge in [0.15, 0.2) is 11.5 Å². The SMILES string of the molecule is OCC(O)C(O)C(O)C(O)C(O)CNCCc1ccc(O)c(O)c1. The maximum Gasteiger partial charge on any atom is 0.157 e. The second-order valence-electron chi connectivity index (χ2n) is 5.57. The van der Waals surface area contributed by atoms with Gasteiger partial charge in [0.2, 0.25) is 0 Å². The fourth-order valence-electron chi connectivity index (χ4n) is 2.09. The quantitative estimate of drug-likeness (QED) is 0.158. The lowest BCUT2D eigenvalue weighted by Gasteiger charge is -2.28. The van der Waals surface area contributed by atoms with E-state index in [9.17, 15) is 35.7 Å². The number of phenolic OH excluding ortho intramolecular Hbond substituents is 2. The van der Waals surface area contributed by atoms with Crippen LogP contribution in [0.15, 0.2) is 18.2 Å². The molecule has 138 valence electrons. The topological polar surface area (TPSA) is 174 Å². The van der Waals surface area contributed by atoms with Gasteiger partial charge in [-0.05, 0) is 30.7 Å². The van der Waals surface area contributed by atoms with Gasteiger partial charge < -0.3 is 46.2 Å². The van der Waals surface area contributed by atoms with E-state index in [0.29, 0.717) is 13.0 Å². The normalized spacial score (nSPS) is 17.9. The number of phenols is 2. The zero-order valence-electron chi connectivity index (χ0n) is 13.0. The summed E-state index contributed by atoms with van der Waals surface area (Å²) in [4.78, 5) is 0. The molecule has 1 rings (SSSR count). The minimum absolute atomic E-state index is 0.0930. The van der Waals surface area contributed by atoms with Crippen LogP contribution in [0.5, 0.6) is 11.5 Å². The van der Waals surface area contributed by atoms with E-state index in [2.05, 4.69) is 5.32 Å². The summed E-state index contributed by atoms with van der Waals surface area (Å²) in [7, 11) is 0. The minimum Gasteiger partial charge on any atom is -0.504 e. The number of hydrogen-bond acceptors (Lipinski definition) is 9.